The monoisotopic (exact) mass is 324 g/mol. The average molecular weight is 324 g/mol. The molecule has 0 heterocycles. The van der Waals surface area contributed by atoms with Crippen LogP contribution in [0.4, 0.5) is 0 Å². The first-order chi connectivity index (χ1) is 11.0. The molecule has 3 aromatic rings. The molecule has 116 valence electrons. The zero-order valence-corrected chi connectivity index (χ0v) is 13.5. The summed E-state index contributed by atoms with van der Waals surface area (Å²) in [5.74, 6) is 1.31. The van der Waals surface area contributed by atoms with Crippen molar-refractivity contribution in [3.05, 3.63) is 78.9 Å². The first-order valence-electron chi connectivity index (χ1n) is 7.16. The van der Waals surface area contributed by atoms with Gasteiger partial charge in [-0.3, -0.25) is 0 Å². The quantitative estimate of drug-likeness (QED) is 0.707. The summed E-state index contributed by atoms with van der Waals surface area (Å²) in [7, 11) is -3.18. The highest BCUT2D eigenvalue weighted by Gasteiger charge is 2.07. The predicted molar refractivity (Wildman–Crippen MR) is 91.5 cm³/mol. The Bertz CT molecular complexity index is 882. The molecular formula is C19H16O3S. The molecule has 3 rings (SSSR count). The number of hydrogen-bond acceptors (Lipinski definition) is 3. The molecule has 0 aliphatic heterocycles. The van der Waals surface area contributed by atoms with E-state index in [0.29, 0.717) is 11.5 Å². The van der Waals surface area contributed by atoms with Gasteiger partial charge in [0, 0.05) is 6.26 Å². The highest BCUT2D eigenvalue weighted by molar-refractivity contribution is 7.90. The molecule has 0 amide bonds. The van der Waals surface area contributed by atoms with E-state index in [2.05, 4.69) is 12.1 Å². The van der Waals surface area contributed by atoms with Crippen LogP contribution in [-0.2, 0) is 9.84 Å². The van der Waals surface area contributed by atoms with E-state index < -0.39 is 9.84 Å². The highest BCUT2D eigenvalue weighted by Crippen LogP contribution is 2.26. The van der Waals surface area contributed by atoms with Crippen LogP contribution in [0.25, 0.3) is 11.1 Å². The molecule has 0 aliphatic rings. The van der Waals surface area contributed by atoms with E-state index >= 15 is 0 Å². The van der Waals surface area contributed by atoms with Gasteiger partial charge in [-0.2, -0.15) is 0 Å². The minimum Gasteiger partial charge on any atom is -0.457 e. The molecule has 0 N–H and O–H groups in total. The van der Waals surface area contributed by atoms with Crippen LogP contribution in [0.15, 0.2) is 83.8 Å². The van der Waals surface area contributed by atoms with E-state index in [9.17, 15) is 8.42 Å². The zero-order valence-electron chi connectivity index (χ0n) is 12.6. The molecule has 0 spiro atoms. The maximum atomic E-state index is 11.4. The van der Waals surface area contributed by atoms with E-state index in [4.69, 9.17) is 4.74 Å². The Labute approximate surface area is 136 Å². The average Bonchev–Trinajstić information content (AvgIpc) is 2.56. The molecule has 0 aromatic heterocycles. The number of rotatable bonds is 4. The Morgan fingerprint density at radius 1 is 0.652 bits per heavy atom. The molecule has 3 aromatic carbocycles. The van der Waals surface area contributed by atoms with E-state index in [-0.39, 0.29) is 4.90 Å². The lowest BCUT2D eigenvalue weighted by Gasteiger charge is -2.08. The molecule has 23 heavy (non-hydrogen) atoms. The molecule has 0 unspecified atom stereocenters. The minimum atomic E-state index is -3.18. The van der Waals surface area contributed by atoms with Gasteiger partial charge in [0.15, 0.2) is 9.84 Å². The largest absolute Gasteiger partial charge is 0.457 e. The van der Waals surface area contributed by atoms with Crippen LogP contribution in [0.2, 0.25) is 0 Å². The maximum Gasteiger partial charge on any atom is 0.175 e. The van der Waals surface area contributed by atoms with Gasteiger partial charge >= 0.3 is 0 Å². The molecule has 0 bridgehead atoms. The number of sulfone groups is 1. The lowest BCUT2D eigenvalue weighted by atomic mass is 10.1. The van der Waals surface area contributed by atoms with Crippen molar-refractivity contribution in [3.8, 4) is 22.6 Å². The summed E-state index contributed by atoms with van der Waals surface area (Å²) in [5.41, 5.74) is 2.27. The van der Waals surface area contributed by atoms with Crippen molar-refractivity contribution in [2.45, 2.75) is 4.90 Å². The summed E-state index contributed by atoms with van der Waals surface area (Å²) in [6.07, 6.45) is 1.19. The van der Waals surface area contributed by atoms with Crippen molar-refractivity contribution in [3.63, 3.8) is 0 Å². The van der Waals surface area contributed by atoms with E-state index in [1.165, 1.54) is 6.26 Å². The van der Waals surface area contributed by atoms with Gasteiger partial charge in [-0.05, 0) is 47.5 Å². The van der Waals surface area contributed by atoms with Gasteiger partial charge < -0.3 is 4.74 Å². The Morgan fingerprint density at radius 3 is 1.65 bits per heavy atom. The Balaban J connectivity index is 1.76. The first kappa shape index (κ1) is 15.3. The Hall–Kier alpha value is -2.59. The van der Waals surface area contributed by atoms with Crippen molar-refractivity contribution in [2.24, 2.45) is 0 Å². The SMILES string of the molecule is CS(=O)(=O)c1ccc(Oc2ccc(-c3ccccc3)cc2)cc1. The van der Waals surface area contributed by atoms with E-state index in [1.807, 2.05) is 42.5 Å². The topological polar surface area (TPSA) is 43.4 Å². The van der Waals surface area contributed by atoms with Crippen molar-refractivity contribution in [2.75, 3.05) is 6.26 Å². The van der Waals surface area contributed by atoms with Gasteiger partial charge in [0.05, 0.1) is 4.90 Å². The number of hydrogen-bond donors (Lipinski definition) is 0. The van der Waals surface area contributed by atoms with E-state index in [1.54, 1.807) is 24.3 Å². The van der Waals surface area contributed by atoms with Crippen molar-refractivity contribution >= 4 is 9.84 Å². The van der Waals surface area contributed by atoms with Gasteiger partial charge in [0.2, 0.25) is 0 Å². The predicted octanol–water partition coefficient (Wildman–Crippen LogP) is 4.55. The van der Waals surface area contributed by atoms with Crippen molar-refractivity contribution in [1.29, 1.82) is 0 Å². The summed E-state index contributed by atoms with van der Waals surface area (Å²) in [4.78, 5) is 0.282. The fourth-order valence-electron chi connectivity index (χ4n) is 2.24. The smallest absolute Gasteiger partial charge is 0.175 e. The molecule has 0 fully saturated rings. The summed E-state index contributed by atoms with van der Waals surface area (Å²) >= 11 is 0. The third-order valence-corrected chi connectivity index (χ3v) is 4.58. The maximum absolute atomic E-state index is 11.4. The van der Waals surface area contributed by atoms with Crippen LogP contribution in [0.5, 0.6) is 11.5 Å². The van der Waals surface area contributed by atoms with E-state index in [0.717, 1.165) is 11.1 Å². The summed E-state index contributed by atoms with van der Waals surface area (Å²) in [6, 6.07) is 24.3. The van der Waals surface area contributed by atoms with Crippen LogP contribution in [-0.4, -0.2) is 14.7 Å². The number of ether oxygens (including phenoxy) is 1. The first-order valence-corrected chi connectivity index (χ1v) is 9.05. The van der Waals surface area contributed by atoms with Crippen molar-refractivity contribution in [1.82, 2.24) is 0 Å². The molecule has 4 heteroatoms. The van der Waals surface area contributed by atoms with Crippen LogP contribution in [0, 0.1) is 0 Å². The Kier molecular flexibility index (Phi) is 4.17. The van der Waals surface area contributed by atoms with Gasteiger partial charge in [0.25, 0.3) is 0 Å². The van der Waals surface area contributed by atoms with Crippen molar-refractivity contribution < 1.29 is 13.2 Å². The summed E-state index contributed by atoms with van der Waals surface area (Å²) < 4.78 is 28.6. The molecule has 0 saturated heterocycles. The lowest BCUT2D eigenvalue weighted by molar-refractivity contribution is 0.482. The second kappa shape index (κ2) is 6.26. The Morgan fingerprint density at radius 2 is 1.13 bits per heavy atom. The second-order valence-corrected chi connectivity index (χ2v) is 7.25. The third-order valence-electron chi connectivity index (χ3n) is 3.45. The standard InChI is InChI=1S/C19H16O3S/c1-23(20,21)19-13-11-18(12-14-19)22-17-9-7-16(8-10-17)15-5-3-2-4-6-15/h2-14H,1H3. The summed E-state index contributed by atoms with van der Waals surface area (Å²) in [5, 5.41) is 0. The van der Waals surface area contributed by atoms with Gasteiger partial charge in [-0.25, -0.2) is 8.42 Å². The van der Waals surface area contributed by atoms with Crippen LogP contribution >= 0.6 is 0 Å². The normalized spacial score (nSPS) is 11.2. The minimum absolute atomic E-state index is 0.282. The van der Waals surface area contributed by atoms with Crippen LogP contribution in [0.1, 0.15) is 0 Å². The van der Waals surface area contributed by atoms with Gasteiger partial charge in [0.1, 0.15) is 11.5 Å². The molecule has 0 saturated carbocycles. The zero-order chi connectivity index (χ0) is 16.3. The molecule has 3 nitrogen and oxygen atoms in total. The molecule has 0 radical (unpaired) electrons. The summed E-state index contributed by atoms with van der Waals surface area (Å²) in [6.45, 7) is 0. The van der Waals surface area contributed by atoms with Gasteiger partial charge in [-0.1, -0.05) is 42.5 Å². The lowest BCUT2D eigenvalue weighted by Crippen LogP contribution is -1.96. The van der Waals surface area contributed by atoms with Gasteiger partial charge in [-0.15, -0.1) is 0 Å². The van der Waals surface area contributed by atoms with Crippen LogP contribution in [0.3, 0.4) is 0 Å². The fourth-order valence-corrected chi connectivity index (χ4v) is 2.87. The third kappa shape index (κ3) is 3.79. The number of benzene rings is 3. The molecular weight excluding hydrogens is 308 g/mol. The van der Waals surface area contributed by atoms with Crippen LogP contribution < -0.4 is 4.74 Å². The highest BCUT2D eigenvalue weighted by atomic mass is 32.2. The molecule has 0 aliphatic carbocycles. The molecule has 0 atom stereocenters. The second-order valence-electron chi connectivity index (χ2n) is 5.24. The fraction of sp³-hybridized carbons (Fsp3) is 0.0526.